The monoisotopic (exact) mass is 290 g/mol. The number of nitrogens with one attached hydrogen (secondary N) is 1. The zero-order chi connectivity index (χ0) is 13.1. The fourth-order valence-corrected chi connectivity index (χ4v) is 2.69. The van der Waals surface area contributed by atoms with Crippen molar-refractivity contribution in [1.29, 1.82) is 0 Å². The van der Waals surface area contributed by atoms with E-state index in [4.69, 9.17) is 16.3 Å². The lowest BCUT2D eigenvalue weighted by Crippen LogP contribution is -2.39. The summed E-state index contributed by atoms with van der Waals surface area (Å²) < 4.78 is 5.80. The first kappa shape index (κ1) is 13.1. The quantitative estimate of drug-likeness (QED) is 0.664. The largest absolute Gasteiger partial charge is 0.357 e. The van der Waals surface area contributed by atoms with E-state index in [1.807, 2.05) is 0 Å². The average molecular weight is 291 g/mol. The van der Waals surface area contributed by atoms with Crippen LogP contribution in [0.15, 0.2) is 17.6 Å². The van der Waals surface area contributed by atoms with Crippen molar-refractivity contribution in [3.8, 4) is 0 Å². The maximum Gasteiger partial charge on any atom is 0.183 e. The molecule has 18 heavy (non-hydrogen) atoms. The molecule has 0 spiro atoms. The number of hydrogen-bond donors (Lipinski definition) is 1. The van der Waals surface area contributed by atoms with E-state index >= 15 is 0 Å². The fraction of sp³-hybridized carbons (Fsp3) is 0.444. The summed E-state index contributed by atoms with van der Waals surface area (Å²) in [5, 5.41) is 10.0. The molecule has 1 N–H and O–H groups in total. The van der Waals surface area contributed by atoms with Crippen LogP contribution in [0.1, 0.15) is 4.88 Å². The van der Waals surface area contributed by atoms with Gasteiger partial charge in [0.1, 0.15) is 6.73 Å². The lowest BCUT2D eigenvalue weighted by molar-refractivity contribution is -0.539. The molecule has 1 aromatic heterocycles. The van der Waals surface area contributed by atoms with Gasteiger partial charge < -0.3 is 9.64 Å². The second-order valence-corrected chi connectivity index (χ2v) is 5.45. The fourth-order valence-electron chi connectivity index (χ4n) is 1.67. The summed E-state index contributed by atoms with van der Waals surface area (Å²) in [6.45, 7) is 0.680. The number of hydrazine groups is 1. The summed E-state index contributed by atoms with van der Waals surface area (Å²) in [5.74, 6) is 0.468. The van der Waals surface area contributed by atoms with Crippen LogP contribution in [0.25, 0.3) is 0 Å². The van der Waals surface area contributed by atoms with Crippen molar-refractivity contribution in [2.75, 3.05) is 20.4 Å². The smallest absolute Gasteiger partial charge is 0.183 e. The second-order valence-electron chi connectivity index (χ2n) is 3.75. The molecule has 0 saturated heterocycles. The Hall–Kier alpha value is -1.38. The van der Waals surface area contributed by atoms with Gasteiger partial charge in [0.2, 0.25) is 0 Å². The predicted molar refractivity (Wildman–Crippen MR) is 66.6 cm³/mol. The normalized spacial score (nSPS) is 16.0. The van der Waals surface area contributed by atoms with E-state index in [2.05, 4.69) is 10.4 Å². The van der Waals surface area contributed by atoms with Crippen LogP contribution < -0.4 is 5.43 Å². The van der Waals surface area contributed by atoms with E-state index in [1.165, 1.54) is 11.3 Å². The number of ether oxygens (including phenoxy) is 1. The molecule has 1 aliphatic rings. The van der Waals surface area contributed by atoms with Crippen molar-refractivity contribution in [3.05, 3.63) is 37.0 Å². The molecule has 0 saturated carbocycles. The molecule has 0 aliphatic carbocycles. The van der Waals surface area contributed by atoms with E-state index in [1.54, 1.807) is 18.1 Å². The molecule has 0 atom stereocenters. The van der Waals surface area contributed by atoms with Crippen molar-refractivity contribution >= 4 is 22.9 Å². The average Bonchev–Trinajstić information content (AvgIpc) is 2.69. The summed E-state index contributed by atoms with van der Waals surface area (Å²) >= 11 is 7.11. The first-order valence-corrected chi connectivity index (χ1v) is 6.28. The summed E-state index contributed by atoms with van der Waals surface area (Å²) in [4.78, 5) is 17.1. The van der Waals surface area contributed by atoms with Crippen LogP contribution in [-0.2, 0) is 11.2 Å². The maximum atomic E-state index is 10.6. The molecular formula is C9H11ClN4O3S. The van der Waals surface area contributed by atoms with Gasteiger partial charge in [0.15, 0.2) is 15.3 Å². The Morgan fingerprint density at radius 2 is 2.56 bits per heavy atom. The van der Waals surface area contributed by atoms with Gasteiger partial charge in [-0.05, 0) is 0 Å². The third-order valence-corrected chi connectivity index (χ3v) is 3.50. The molecule has 1 aromatic rings. The molecule has 1 aliphatic heterocycles. The molecular weight excluding hydrogens is 280 g/mol. The number of aromatic nitrogens is 1. The predicted octanol–water partition coefficient (Wildman–Crippen LogP) is 1.25. The minimum atomic E-state index is -0.573. The van der Waals surface area contributed by atoms with Crippen molar-refractivity contribution in [1.82, 2.24) is 15.3 Å². The minimum absolute atomic E-state index is 0.323. The number of thiazole rings is 1. The Morgan fingerprint density at radius 3 is 3.17 bits per heavy atom. The third kappa shape index (κ3) is 3.09. The van der Waals surface area contributed by atoms with E-state index in [-0.39, 0.29) is 0 Å². The van der Waals surface area contributed by atoms with E-state index < -0.39 is 5.03 Å². The number of nitro groups is 1. The van der Waals surface area contributed by atoms with E-state index in [0.717, 1.165) is 10.5 Å². The van der Waals surface area contributed by atoms with Crippen molar-refractivity contribution in [2.45, 2.75) is 6.42 Å². The number of hydrogen-bond acceptors (Lipinski definition) is 6. The molecule has 0 unspecified atom stereocenters. The highest BCUT2D eigenvalue weighted by Gasteiger charge is 2.21. The molecule has 2 rings (SSSR count). The van der Waals surface area contributed by atoms with Gasteiger partial charge in [-0.2, -0.15) is 0 Å². The van der Waals surface area contributed by atoms with Crippen molar-refractivity contribution < 1.29 is 9.77 Å². The Kier molecular flexibility index (Phi) is 4.00. The molecule has 2 heterocycles. The molecule has 98 valence electrons. The van der Waals surface area contributed by atoms with Gasteiger partial charge in [-0.25, -0.2) is 15.1 Å². The molecule has 9 heteroatoms. The first-order valence-electron chi connectivity index (χ1n) is 5.08. The van der Waals surface area contributed by atoms with Gasteiger partial charge in [-0.15, -0.1) is 11.3 Å². The van der Waals surface area contributed by atoms with Gasteiger partial charge in [-0.3, -0.25) is 0 Å². The van der Waals surface area contributed by atoms with E-state index in [0.29, 0.717) is 30.0 Å². The van der Waals surface area contributed by atoms with Crippen LogP contribution in [0, 0.1) is 10.1 Å². The summed E-state index contributed by atoms with van der Waals surface area (Å²) in [5.41, 5.74) is 3.01. The van der Waals surface area contributed by atoms with Crippen molar-refractivity contribution in [2.24, 2.45) is 0 Å². The topological polar surface area (TPSA) is 80.5 Å². The zero-order valence-electron chi connectivity index (χ0n) is 9.55. The lowest BCUT2D eigenvalue weighted by Gasteiger charge is -2.27. The maximum absolute atomic E-state index is 10.6. The minimum Gasteiger partial charge on any atom is -0.357 e. The van der Waals surface area contributed by atoms with Crippen LogP contribution in [0.5, 0.6) is 0 Å². The molecule has 0 amide bonds. The molecule has 0 radical (unpaired) electrons. The summed E-state index contributed by atoms with van der Waals surface area (Å²) in [6.07, 6.45) is 2.20. The highest BCUT2D eigenvalue weighted by Crippen LogP contribution is 2.23. The van der Waals surface area contributed by atoms with Gasteiger partial charge in [0.25, 0.3) is 0 Å². The highest BCUT2D eigenvalue weighted by atomic mass is 35.5. The van der Waals surface area contributed by atoms with Crippen LogP contribution in [0.4, 0.5) is 0 Å². The van der Waals surface area contributed by atoms with Crippen LogP contribution in [0.2, 0.25) is 4.47 Å². The third-order valence-electron chi connectivity index (χ3n) is 2.39. The molecule has 0 aromatic carbocycles. The highest BCUT2D eigenvalue weighted by molar-refractivity contribution is 7.15. The van der Waals surface area contributed by atoms with Gasteiger partial charge in [-0.1, -0.05) is 17.0 Å². The van der Waals surface area contributed by atoms with E-state index in [9.17, 15) is 10.1 Å². The molecule has 7 nitrogen and oxygen atoms in total. The number of nitrogens with zero attached hydrogens (tertiary/aromatic N) is 3. The number of rotatable bonds is 4. The van der Waals surface area contributed by atoms with Gasteiger partial charge >= 0.3 is 0 Å². The van der Waals surface area contributed by atoms with Crippen molar-refractivity contribution in [3.63, 3.8) is 0 Å². The van der Waals surface area contributed by atoms with Gasteiger partial charge in [0.05, 0.1) is 6.61 Å². The Bertz CT molecular complexity index is 490. The molecule has 0 fully saturated rings. The summed E-state index contributed by atoms with van der Waals surface area (Å²) in [6, 6.07) is 0. The zero-order valence-corrected chi connectivity index (χ0v) is 11.1. The SMILES string of the molecule is CN1COCC(Cc2cnc(Cl)s2)=C1N[N+](=O)[O-]. The first-order chi connectivity index (χ1) is 8.56. The standard InChI is InChI=1S/C9H11ClN4O3S/c1-13-5-17-4-6(8(13)12-14(15)16)2-7-3-11-9(10)18-7/h3,12H,2,4-5H2,1H3. The molecule has 0 bridgehead atoms. The Balaban J connectivity index is 2.21. The summed E-state index contributed by atoms with van der Waals surface area (Å²) in [7, 11) is 1.73. The van der Waals surface area contributed by atoms with Gasteiger partial charge in [0, 0.05) is 30.1 Å². The lowest BCUT2D eigenvalue weighted by atomic mass is 10.1. The van der Waals surface area contributed by atoms with Crippen LogP contribution in [0.3, 0.4) is 0 Å². The second kappa shape index (κ2) is 5.51. The van der Waals surface area contributed by atoms with Crippen LogP contribution >= 0.6 is 22.9 Å². The Morgan fingerprint density at radius 1 is 1.78 bits per heavy atom. The Labute approximate surface area is 112 Å². The van der Waals surface area contributed by atoms with Crippen LogP contribution in [-0.4, -0.2) is 35.3 Å². The number of halogens is 1.